The Balaban J connectivity index is 1.98. The summed E-state index contributed by atoms with van der Waals surface area (Å²) in [6, 6.07) is 4.00. The predicted molar refractivity (Wildman–Crippen MR) is 123 cm³/mol. The van der Waals surface area contributed by atoms with Crippen LogP contribution in [0.1, 0.15) is 11.1 Å². The molecule has 0 N–H and O–H groups in total. The minimum Gasteiger partial charge on any atom is -0.244 e. The van der Waals surface area contributed by atoms with Gasteiger partial charge in [-0.25, -0.2) is 19.9 Å². The molecule has 2 aliphatic rings. The van der Waals surface area contributed by atoms with E-state index in [0.29, 0.717) is 24.0 Å². The molecule has 0 spiro atoms. The van der Waals surface area contributed by atoms with Crippen LogP contribution >= 0.6 is 0 Å². The first-order valence-electron chi connectivity index (χ1n) is 10.1. The Morgan fingerprint density at radius 2 is 1.18 bits per heavy atom. The van der Waals surface area contributed by atoms with Crippen LogP contribution in [0.15, 0.2) is 60.0 Å². The largest absolute Gasteiger partial charge is 0.522 e. The first-order chi connectivity index (χ1) is 16.7. The van der Waals surface area contributed by atoms with E-state index in [1.54, 1.807) is 24.8 Å². The van der Waals surface area contributed by atoms with Gasteiger partial charge in [0, 0.05) is 42.3 Å². The number of nitrogens with zero attached hydrogens (tertiary/aromatic N) is 8. The lowest BCUT2D eigenvalue weighted by atomic mass is 9.89. The van der Waals surface area contributed by atoms with Gasteiger partial charge in [0.25, 0.3) is 0 Å². The van der Waals surface area contributed by atoms with Gasteiger partial charge in [-0.15, -0.1) is 0 Å². The maximum atomic E-state index is 9.50. The smallest absolute Gasteiger partial charge is 0.244 e. The monoisotopic (exact) mass is 436 g/mol. The normalized spacial score (nSPS) is 12.7. The van der Waals surface area contributed by atoms with E-state index in [9.17, 15) is 10.5 Å². The van der Waals surface area contributed by atoms with Gasteiger partial charge in [0.1, 0.15) is 43.5 Å². The molecule has 0 amide bonds. The molecule has 1 aromatic carbocycles. The molecule has 0 aliphatic heterocycles. The molecular formula is C26H12N8. The van der Waals surface area contributed by atoms with Crippen molar-refractivity contribution in [1.82, 2.24) is 19.9 Å². The summed E-state index contributed by atoms with van der Waals surface area (Å²) in [4.78, 5) is 23.6. The second-order valence-corrected chi connectivity index (χ2v) is 7.63. The van der Waals surface area contributed by atoms with E-state index in [1.165, 1.54) is 12.7 Å². The second kappa shape index (κ2) is 8.24. The molecule has 2 aliphatic carbocycles. The maximum absolute atomic E-state index is 9.50. The number of benzene rings is 1. The highest BCUT2D eigenvalue weighted by atomic mass is 14.9. The maximum Gasteiger partial charge on any atom is 0.522 e. The van der Waals surface area contributed by atoms with Crippen molar-refractivity contribution in [2.24, 2.45) is 0 Å². The van der Waals surface area contributed by atoms with Crippen molar-refractivity contribution < 1.29 is 0 Å². The molecule has 8 heteroatoms. The van der Waals surface area contributed by atoms with E-state index in [-0.39, 0.29) is 11.4 Å². The Labute approximate surface area is 194 Å². The first kappa shape index (κ1) is 20.5. The third-order valence-electron chi connectivity index (χ3n) is 5.91. The molecular weight excluding hydrogens is 424 g/mol. The zero-order valence-electron chi connectivity index (χ0n) is 17.6. The van der Waals surface area contributed by atoms with Crippen LogP contribution < -0.4 is 10.4 Å². The van der Waals surface area contributed by atoms with Crippen molar-refractivity contribution >= 4 is 12.2 Å². The van der Waals surface area contributed by atoms with Crippen LogP contribution in [-0.4, -0.2) is 19.9 Å². The summed E-state index contributed by atoms with van der Waals surface area (Å²) in [6.07, 6.45) is 14.3. The van der Waals surface area contributed by atoms with Crippen molar-refractivity contribution in [3.05, 3.63) is 104 Å². The van der Waals surface area contributed by atoms with Gasteiger partial charge in [-0.3, -0.25) is 0 Å². The lowest BCUT2D eigenvalue weighted by Gasteiger charge is -2.15. The van der Waals surface area contributed by atoms with E-state index < -0.39 is 0 Å². The van der Waals surface area contributed by atoms with Crippen molar-refractivity contribution in [3.63, 3.8) is 0 Å². The highest BCUT2D eigenvalue weighted by Gasteiger charge is 2.29. The van der Waals surface area contributed by atoms with Crippen LogP contribution in [-0.2, 0) is 12.8 Å². The predicted octanol–water partition coefficient (Wildman–Crippen LogP) is 2.67. The van der Waals surface area contributed by atoms with Crippen molar-refractivity contribution in [2.75, 3.05) is 0 Å². The van der Waals surface area contributed by atoms with E-state index in [2.05, 4.69) is 29.6 Å². The number of hydrogen-bond acceptors (Lipinski definition) is 6. The Morgan fingerprint density at radius 1 is 0.735 bits per heavy atom. The number of aromatic nitrogens is 4. The van der Waals surface area contributed by atoms with Crippen molar-refractivity contribution in [3.8, 4) is 34.4 Å². The lowest BCUT2D eigenvalue weighted by molar-refractivity contribution is 1.14. The molecule has 156 valence electrons. The van der Waals surface area contributed by atoms with Gasteiger partial charge in [0.2, 0.25) is 0 Å². The third kappa shape index (κ3) is 3.12. The van der Waals surface area contributed by atoms with Gasteiger partial charge >= 0.3 is 5.82 Å². The molecule has 5 rings (SSSR count). The summed E-state index contributed by atoms with van der Waals surface area (Å²) in [5.74, 6) is 0.0303. The van der Waals surface area contributed by atoms with Gasteiger partial charge in [-0.1, -0.05) is 6.08 Å². The minimum absolute atomic E-state index is 0.0303. The molecule has 3 aromatic rings. The molecule has 0 bridgehead atoms. The van der Waals surface area contributed by atoms with E-state index in [0.717, 1.165) is 43.8 Å². The average Bonchev–Trinajstić information content (AvgIpc) is 3.50. The van der Waals surface area contributed by atoms with Crippen LogP contribution in [0.5, 0.6) is 0 Å². The summed E-state index contributed by atoms with van der Waals surface area (Å²) < 4.78 is 0. The Morgan fingerprint density at radius 3 is 1.62 bits per heavy atom. The summed E-state index contributed by atoms with van der Waals surface area (Å²) in [5, 5.41) is 20.7. The van der Waals surface area contributed by atoms with Crippen LogP contribution in [0.3, 0.4) is 0 Å². The third-order valence-corrected chi connectivity index (χ3v) is 5.91. The second-order valence-electron chi connectivity index (χ2n) is 7.63. The van der Waals surface area contributed by atoms with Gasteiger partial charge in [-0.2, -0.15) is 20.2 Å². The molecule has 0 atom stereocenters. The molecule has 8 nitrogen and oxygen atoms in total. The molecule has 2 heterocycles. The Kier molecular flexibility index (Phi) is 4.96. The minimum atomic E-state index is 0.0303. The van der Waals surface area contributed by atoms with Crippen molar-refractivity contribution in [1.29, 1.82) is 10.5 Å². The Hall–Kier alpha value is -5.44. The standard InChI is InChI=1S/C26H12N8/c1-29-26(30-2)16-5-22-23(6-16)25(19-11-33-14-34-12-19)21-4-15(17(7-27)8-28)3-20(21)24(22)18-9-31-13-32-10-18/h3,6,9-14H,4-5H2. The molecule has 0 saturated carbocycles. The van der Waals surface area contributed by atoms with Gasteiger partial charge in [0.05, 0.1) is 5.57 Å². The summed E-state index contributed by atoms with van der Waals surface area (Å²) in [5.41, 5.74) is 6.50. The summed E-state index contributed by atoms with van der Waals surface area (Å²) in [6.45, 7) is 14.9. The van der Waals surface area contributed by atoms with Crippen LogP contribution in [0.4, 0.5) is 0 Å². The van der Waals surface area contributed by atoms with Crippen molar-refractivity contribution in [2.45, 2.75) is 12.8 Å². The fourth-order valence-corrected chi connectivity index (χ4v) is 4.57. The molecule has 0 radical (unpaired) electrons. The molecule has 2 aromatic heterocycles. The van der Waals surface area contributed by atoms with Gasteiger partial charge in [0.15, 0.2) is 0 Å². The molecule has 0 saturated heterocycles. The number of nitriles is 2. The number of fused-ring (bicyclic) bond motifs is 2. The first-order valence-corrected chi connectivity index (χ1v) is 10.1. The number of hydrogen-bond donors (Lipinski definition) is 0. The molecule has 0 unspecified atom stereocenters. The number of rotatable bonds is 2. The zero-order chi connectivity index (χ0) is 23.7. The van der Waals surface area contributed by atoms with E-state index in [1.807, 2.05) is 24.3 Å². The van der Waals surface area contributed by atoms with Crippen LogP contribution in [0.2, 0.25) is 0 Å². The van der Waals surface area contributed by atoms with E-state index >= 15 is 0 Å². The van der Waals surface area contributed by atoms with Gasteiger partial charge < -0.3 is 0 Å². The quantitative estimate of drug-likeness (QED) is 0.451. The molecule has 34 heavy (non-hydrogen) atoms. The fraction of sp³-hybridized carbons (Fsp3) is 0.0769. The zero-order valence-corrected chi connectivity index (χ0v) is 17.6. The number of allylic oxidation sites excluding steroid dienone is 3. The Bertz CT molecular complexity index is 1560. The fourth-order valence-electron chi connectivity index (χ4n) is 4.57. The SMILES string of the molecule is [C-]#[N+]C([N+]#[C-])=C1C=c2c(c(-c3cncnc3)c3c(c2-c2cncnc2)CC(=C(C#N)C#N)C=3)C1. The van der Waals surface area contributed by atoms with Gasteiger partial charge in [-0.05, 0) is 50.8 Å². The average molecular weight is 436 g/mol. The summed E-state index contributed by atoms with van der Waals surface area (Å²) in [7, 11) is 0. The highest BCUT2D eigenvalue weighted by Crippen LogP contribution is 2.34. The topological polar surface area (TPSA) is 108 Å². The highest BCUT2D eigenvalue weighted by molar-refractivity contribution is 5.86. The molecule has 0 fully saturated rings. The van der Waals surface area contributed by atoms with E-state index in [4.69, 9.17) is 13.1 Å². The van der Waals surface area contributed by atoms with Crippen LogP contribution in [0, 0.1) is 35.8 Å². The lowest BCUT2D eigenvalue weighted by Crippen LogP contribution is -2.23. The van der Waals surface area contributed by atoms with Crippen LogP contribution in [0.25, 0.3) is 44.1 Å². The summed E-state index contributed by atoms with van der Waals surface area (Å²) >= 11 is 0.